The molecule has 2 saturated heterocycles. The van der Waals surface area contributed by atoms with E-state index in [9.17, 15) is 0 Å². The third-order valence-corrected chi connectivity index (χ3v) is 5.60. The van der Waals surface area contributed by atoms with Gasteiger partial charge in [-0.2, -0.15) is 0 Å². The molecular weight excluding hydrogens is 324 g/mol. The van der Waals surface area contributed by atoms with E-state index in [1.165, 1.54) is 35.0 Å². The van der Waals surface area contributed by atoms with Gasteiger partial charge < -0.3 is 4.90 Å². The molecule has 0 aromatic heterocycles. The van der Waals surface area contributed by atoms with Crippen molar-refractivity contribution in [1.29, 1.82) is 0 Å². The minimum atomic E-state index is 0.576. The first-order chi connectivity index (χ1) is 9.19. The van der Waals surface area contributed by atoms with Crippen LogP contribution in [0.1, 0.15) is 24.8 Å². The van der Waals surface area contributed by atoms with Gasteiger partial charge in [0.25, 0.3) is 0 Å². The fourth-order valence-corrected chi connectivity index (χ4v) is 4.26. The van der Waals surface area contributed by atoms with Gasteiger partial charge in [0.05, 0.1) is 5.69 Å². The number of hydrogen-bond acceptors (Lipinski definition) is 2. The smallest absolute Gasteiger partial charge is 0.0511 e. The molecule has 1 aromatic rings. The quantitative estimate of drug-likeness (QED) is 0.752. The zero-order valence-corrected chi connectivity index (χ0v) is 13.6. The number of hydrogen-bond donors (Lipinski definition) is 0. The first-order valence-electron chi connectivity index (χ1n) is 7.00. The molecule has 2 unspecified atom stereocenters. The lowest BCUT2D eigenvalue weighted by molar-refractivity contribution is 0.254. The summed E-state index contributed by atoms with van der Waals surface area (Å²) in [5.74, 6) is 0.576. The lowest BCUT2D eigenvalue weighted by Crippen LogP contribution is -2.36. The Morgan fingerprint density at radius 3 is 2.79 bits per heavy atom. The van der Waals surface area contributed by atoms with E-state index in [4.69, 9.17) is 11.6 Å². The lowest BCUT2D eigenvalue weighted by Gasteiger charge is -2.28. The van der Waals surface area contributed by atoms with E-state index in [0.717, 1.165) is 19.1 Å². The van der Waals surface area contributed by atoms with Crippen LogP contribution in [0.5, 0.6) is 0 Å². The van der Waals surface area contributed by atoms with Crippen LogP contribution in [0.15, 0.2) is 22.7 Å². The molecule has 2 bridgehead atoms. The molecule has 0 aliphatic carbocycles. The summed E-state index contributed by atoms with van der Waals surface area (Å²) in [6, 6.07) is 8.00. The Labute approximate surface area is 128 Å². The van der Waals surface area contributed by atoms with Gasteiger partial charge in [-0.25, -0.2) is 0 Å². The average Bonchev–Trinajstić information content (AvgIpc) is 2.64. The van der Waals surface area contributed by atoms with E-state index >= 15 is 0 Å². The van der Waals surface area contributed by atoms with Crippen molar-refractivity contribution < 1.29 is 0 Å². The minimum Gasteiger partial charge on any atom is -0.369 e. The molecule has 104 valence electrons. The summed E-state index contributed by atoms with van der Waals surface area (Å²) in [6.45, 7) is 2.30. The van der Waals surface area contributed by atoms with Crippen LogP contribution in [-0.2, 0) is 5.88 Å². The van der Waals surface area contributed by atoms with Gasteiger partial charge in [-0.3, -0.25) is 4.90 Å². The largest absolute Gasteiger partial charge is 0.369 e. The Hall–Kier alpha value is -0.250. The van der Waals surface area contributed by atoms with Gasteiger partial charge in [0, 0.05) is 35.5 Å². The first kappa shape index (κ1) is 13.7. The van der Waals surface area contributed by atoms with E-state index in [1.54, 1.807) is 0 Å². The van der Waals surface area contributed by atoms with Crippen LogP contribution in [0.4, 0.5) is 5.69 Å². The van der Waals surface area contributed by atoms with Crippen LogP contribution in [0.25, 0.3) is 0 Å². The number of likely N-dealkylation sites (N-methyl/N-ethyl adjacent to an activating group) is 1. The minimum absolute atomic E-state index is 0.576. The van der Waals surface area contributed by atoms with E-state index in [-0.39, 0.29) is 0 Å². The number of anilines is 1. The standard InChI is InChI=1S/C15H20BrClN2/c1-18-12-3-4-13(18)10-19(7-6-12)15-5-2-11(9-17)8-14(15)16/h2,5,8,12-13H,3-4,6-7,9-10H2,1H3. The molecule has 0 radical (unpaired) electrons. The second-order valence-corrected chi connectivity index (χ2v) is 6.83. The van der Waals surface area contributed by atoms with Crippen molar-refractivity contribution in [3.8, 4) is 0 Å². The fourth-order valence-electron chi connectivity index (χ4n) is 3.42. The van der Waals surface area contributed by atoms with Crippen molar-refractivity contribution in [2.24, 2.45) is 0 Å². The second-order valence-electron chi connectivity index (χ2n) is 5.70. The predicted octanol–water partition coefficient (Wildman–Crippen LogP) is 3.86. The number of rotatable bonds is 2. The molecule has 2 atom stereocenters. The van der Waals surface area contributed by atoms with E-state index in [0.29, 0.717) is 11.9 Å². The van der Waals surface area contributed by atoms with Gasteiger partial charge in [-0.1, -0.05) is 6.07 Å². The predicted molar refractivity (Wildman–Crippen MR) is 85.1 cm³/mol. The molecule has 2 nitrogen and oxygen atoms in total. The van der Waals surface area contributed by atoms with Crippen molar-refractivity contribution in [2.45, 2.75) is 37.2 Å². The molecule has 2 aliphatic rings. The molecule has 0 amide bonds. The third-order valence-electron chi connectivity index (χ3n) is 4.66. The van der Waals surface area contributed by atoms with Crippen molar-refractivity contribution in [3.05, 3.63) is 28.2 Å². The van der Waals surface area contributed by atoms with Crippen LogP contribution < -0.4 is 4.90 Å². The maximum Gasteiger partial charge on any atom is 0.0511 e. The molecule has 2 aliphatic heterocycles. The number of nitrogens with zero attached hydrogens (tertiary/aromatic N) is 2. The molecule has 0 N–H and O–H groups in total. The monoisotopic (exact) mass is 342 g/mol. The highest BCUT2D eigenvalue weighted by Crippen LogP contribution is 2.34. The summed E-state index contributed by atoms with van der Waals surface area (Å²) < 4.78 is 1.17. The fraction of sp³-hybridized carbons (Fsp3) is 0.600. The molecule has 2 heterocycles. The summed E-state index contributed by atoms with van der Waals surface area (Å²) in [5, 5.41) is 0. The number of halogens is 2. The Kier molecular flexibility index (Phi) is 4.06. The number of benzene rings is 1. The summed E-state index contributed by atoms with van der Waals surface area (Å²) >= 11 is 9.60. The van der Waals surface area contributed by atoms with Crippen LogP contribution in [0.2, 0.25) is 0 Å². The molecule has 3 rings (SSSR count). The molecule has 2 fully saturated rings. The Morgan fingerprint density at radius 1 is 1.26 bits per heavy atom. The highest BCUT2D eigenvalue weighted by Gasteiger charge is 2.34. The SMILES string of the molecule is CN1C2CCC1CN(c1ccc(CCl)cc1Br)CC2. The zero-order chi connectivity index (χ0) is 13.4. The maximum atomic E-state index is 5.89. The molecule has 4 heteroatoms. The first-order valence-corrected chi connectivity index (χ1v) is 8.33. The van der Waals surface area contributed by atoms with Crippen molar-refractivity contribution in [2.75, 3.05) is 25.0 Å². The van der Waals surface area contributed by atoms with Crippen LogP contribution in [0.3, 0.4) is 0 Å². The molecule has 0 saturated carbocycles. The summed E-state index contributed by atoms with van der Waals surface area (Å²) in [5.41, 5.74) is 2.49. The van der Waals surface area contributed by atoms with Gasteiger partial charge >= 0.3 is 0 Å². The van der Waals surface area contributed by atoms with E-state index in [1.807, 2.05) is 0 Å². The second kappa shape index (κ2) is 5.63. The van der Waals surface area contributed by atoms with Crippen molar-refractivity contribution in [1.82, 2.24) is 4.90 Å². The Bertz CT molecular complexity index is 465. The summed E-state index contributed by atoms with van der Waals surface area (Å²) in [4.78, 5) is 5.11. The summed E-state index contributed by atoms with van der Waals surface area (Å²) in [6.07, 6.45) is 3.99. The molecule has 1 aromatic carbocycles. The molecule has 19 heavy (non-hydrogen) atoms. The van der Waals surface area contributed by atoms with Gasteiger partial charge in [-0.05, 0) is 59.9 Å². The van der Waals surface area contributed by atoms with Gasteiger partial charge in [0.2, 0.25) is 0 Å². The number of fused-ring (bicyclic) bond motifs is 2. The van der Waals surface area contributed by atoms with Crippen molar-refractivity contribution in [3.63, 3.8) is 0 Å². The number of alkyl halides is 1. The maximum absolute atomic E-state index is 5.89. The van der Waals surface area contributed by atoms with Gasteiger partial charge in [0.1, 0.15) is 0 Å². The third kappa shape index (κ3) is 2.65. The van der Waals surface area contributed by atoms with E-state index in [2.05, 4.69) is 51.0 Å². The average molecular weight is 344 g/mol. The van der Waals surface area contributed by atoms with Crippen LogP contribution >= 0.6 is 27.5 Å². The lowest BCUT2D eigenvalue weighted by atomic mass is 10.1. The van der Waals surface area contributed by atoms with Crippen LogP contribution in [0, 0.1) is 0 Å². The topological polar surface area (TPSA) is 6.48 Å². The highest BCUT2D eigenvalue weighted by atomic mass is 79.9. The Balaban J connectivity index is 1.82. The van der Waals surface area contributed by atoms with Gasteiger partial charge in [0.15, 0.2) is 0 Å². The zero-order valence-electron chi connectivity index (χ0n) is 11.3. The van der Waals surface area contributed by atoms with Crippen LogP contribution in [-0.4, -0.2) is 37.1 Å². The molecule has 0 spiro atoms. The Morgan fingerprint density at radius 2 is 2.05 bits per heavy atom. The molecular formula is C15H20BrClN2. The van der Waals surface area contributed by atoms with E-state index < -0.39 is 0 Å². The van der Waals surface area contributed by atoms with Gasteiger partial charge in [-0.15, -0.1) is 11.6 Å². The normalized spacial score (nSPS) is 27.6. The highest BCUT2D eigenvalue weighted by molar-refractivity contribution is 9.10. The summed E-state index contributed by atoms with van der Waals surface area (Å²) in [7, 11) is 2.29. The van der Waals surface area contributed by atoms with Crippen molar-refractivity contribution >= 4 is 33.2 Å².